The Morgan fingerprint density at radius 3 is 2.36 bits per heavy atom. The van der Waals surface area contributed by atoms with Gasteiger partial charge in [-0.3, -0.25) is 9.69 Å². The number of carbonyl (C=O) groups excluding carboxylic acids is 2. The summed E-state index contributed by atoms with van der Waals surface area (Å²) in [6, 6.07) is 4.16. The molecule has 1 aromatic carbocycles. The third-order valence-corrected chi connectivity index (χ3v) is 11.2. The van der Waals surface area contributed by atoms with Gasteiger partial charge < -0.3 is 26.0 Å². The fourth-order valence-corrected chi connectivity index (χ4v) is 8.67. The maximum absolute atomic E-state index is 13.4. The Kier molecular flexibility index (Phi) is 12.3. The summed E-state index contributed by atoms with van der Waals surface area (Å²) < 4.78 is 72.4. The monoisotopic (exact) mass is 725 g/mol. The number of aliphatic imine (C=N–C) groups is 1. The Hall–Kier alpha value is -3.63. The zero-order valence-corrected chi connectivity index (χ0v) is 30.3. The molecule has 4 rings (SSSR count). The quantitative estimate of drug-likeness (QED) is 0.0982. The highest BCUT2D eigenvalue weighted by Crippen LogP contribution is 2.37. The number of likely N-dealkylation sites (tertiary alicyclic amines) is 2. The zero-order chi connectivity index (χ0) is 36.9. The van der Waals surface area contributed by atoms with Crippen LogP contribution in [-0.2, 0) is 26.1 Å². The highest BCUT2D eigenvalue weighted by Gasteiger charge is 2.42. The van der Waals surface area contributed by atoms with E-state index in [1.165, 1.54) is 21.3 Å². The van der Waals surface area contributed by atoms with E-state index in [4.69, 9.17) is 10.5 Å². The molecule has 1 amide bonds. The van der Waals surface area contributed by atoms with Gasteiger partial charge in [-0.2, -0.15) is 17.5 Å². The van der Waals surface area contributed by atoms with E-state index in [2.05, 4.69) is 22.5 Å². The van der Waals surface area contributed by atoms with E-state index in [1.807, 2.05) is 20.8 Å². The lowest BCUT2D eigenvalue weighted by Gasteiger charge is -2.43. The van der Waals surface area contributed by atoms with Crippen LogP contribution in [0.3, 0.4) is 0 Å². The molecule has 2 saturated heterocycles. The minimum Gasteiger partial charge on any atom is -0.444 e. The Labute approximate surface area is 293 Å². The van der Waals surface area contributed by atoms with Gasteiger partial charge >= 0.3 is 12.3 Å². The van der Waals surface area contributed by atoms with E-state index in [0.717, 1.165) is 12.8 Å². The van der Waals surface area contributed by atoms with Crippen molar-refractivity contribution >= 4 is 33.9 Å². The molecule has 0 aliphatic carbocycles. The number of fused-ring (bicyclic) bond motifs is 1. The summed E-state index contributed by atoms with van der Waals surface area (Å²) in [5, 5.41) is 6.51. The molecule has 0 bridgehead atoms. The topological polar surface area (TPSA) is 150 Å². The molecule has 2 fully saturated rings. The fourth-order valence-electron chi connectivity index (χ4n) is 6.81. The van der Waals surface area contributed by atoms with Crippen molar-refractivity contribution < 1.29 is 35.9 Å². The molecule has 278 valence electrons. The number of carbonyl (C=O) groups is 2. The van der Waals surface area contributed by atoms with Crippen molar-refractivity contribution in [2.45, 2.75) is 101 Å². The number of benzene rings is 1. The van der Waals surface area contributed by atoms with Gasteiger partial charge in [-0.25, -0.2) is 18.2 Å². The van der Waals surface area contributed by atoms with Crippen LogP contribution in [0.2, 0.25) is 0 Å². The average Bonchev–Trinajstić information content (AvgIpc) is 3.28. The van der Waals surface area contributed by atoms with Gasteiger partial charge in [0.25, 0.3) is 0 Å². The van der Waals surface area contributed by atoms with Crippen LogP contribution in [-0.4, -0.2) is 104 Å². The van der Waals surface area contributed by atoms with Gasteiger partial charge in [-0.15, -0.1) is 0 Å². The Balaban J connectivity index is 1.55. The van der Waals surface area contributed by atoms with E-state index in [1.54, 1.807) is 30.3 Å². The summed E-state index contributed by atoms with van der Waals surface area (Å²) in [4.78, 5) is 32.9. The van der Waals surface area contributed by atoms with E-state index in [0.29, 0.717) is 62.0 Å². The number of alkyl halides is 3. The summed E-state index contributed by atoms with van der Waals surface area (Å²) in [5.41, 5.74) is 6.82. The van der Waals surface area contributed by atoms with Crippen LogP contribution in [0.1, 0.15) is 71.8 Å². The van der Waals surface area contributed by atoms with Crippen LogP contribution >= 0.6 is 0 Å². The predicted octanol–water partition coefficient (Wildman–Crippen LogP) is 4.55. The molecule has 0 radical (unpaired) electrons. The number of piperidine rings is 2. The van der Waals surface area contributed by atoms with Crippen molar-refractivity contribution in [2.24, 2.45) is 10.7 Å². The van der Waals surface area contributed by atoms with Gasteiger partial charge in [0.2, 0.25) is 10.0 Å². The SMILES string of the molecule is CCCC1(NC(/C=C\NC)=C(/C=O)C(N)=Nc2ccc3c(c2)CN(C2CCN(CC(F)(F)F)CC2)S3(=O)=O)CCN(C(=O)OC(C)(C)C)CC1. The molecule has 0 saturated carbocycles. The number of hydrogen-bond donors (Lipinski definition) is 3. The molecule has 3 aliphatic rings. The van der Waals surface area contributed by atoms with Crippen LogP contribution in [0.5, 0.6) is 0 Å². The second kappa shape index (κ2) is 15.7. The Morgan fingerprint density at radius 1 is 1.14 bits per heavy atom. The van der Waals surface area contributed by atoms with Crippen molar-refractivity contribution in [1.82, 2.24) is 24.7 Å². The average molecular weight is 726 g/mol. The van der Waals surface area contributed by atoms with E-state index in [-0.39, 0.29) is 42.0 Å². The van der Waals surface area contributed by atoms with Crippen molar-refractivity contribution in [3.8, 4) is 0 Å². The molecule has 0 spiro atoms. The molecule has 12 nitrogen and oxygen atoms in total. The molecule has 50 heavy (non-hydrogen) atoms. The van der Waals surface area contributed by atoms with Crippen molar-refractivity contribution in [3.63, 3.8) is 0 Å². The molecule has 0 unspecified atom stereocenters. The summed E-state index contributed by atoms with van der Waals surface area (Å²) in [6.07, 6.45) is 2.75. The highest BCUT2D eigenvalue weighted by molar-refractivity contribution is 7.89. The number of nitrogens with two attached hydrogens (primary N) is 1. The van der Waals surface area contributed by atoms with E-state index >= 15 is 0 Å². The third-order valence-electron chi connectivity index (χ3n) is 9.17. The van der Waals surface area contributed by atoms with Crippen LogP contribution in [0.4, 0.5) is 23.7 Å². The summed E-state index contributed by atoms with van der Waals surface area (Å²) in [7, 11) is -2.12. The fraction of sp³-hybridized carbons (Fsp3) is 0.618. The second-order valence-corrected chi connectivity index (χ2v) is 16.0. The molecular weight excluding hydrogens is 675 g/mol. The number of rotatable bonds is 11. The largest absolute Gasteiger partial charge is 0.444 e. The van der Waals surface area contributed by atoms with E-state index < -0.39 is 39.9 Å². The van der Waals surface area contributed by atoms with Gasteiger partial charge in [0.15, 0.2) is 6.29 Å². The minimum absolute atomic E-state index is 0.0683. The smallest absolute Gasteiger partial charge is 0.410 e. The highest BCUT2D eigenvalue weighted by atomic mass is 32.2. The maximum Gasteiger partial charge on any atom is 0.410 e. The first kappa shape index (κ1) is 39.2. The van der Waals surface area contributed by atoms with Crippen LogP contribution in [0, 0.1) is 0 Å². The van der Waals surface area contributed by atoms with Crippen LogP contribution < -0.4 is 16.4 Å². The number of aldehydes is 1. The van der Waals surface area contributed by atoms with Crippen LogP contribution in [0.25, 0.3) is 0 Å². The van der Waals surface area contributed by atoms with Crippen molar-refractivity contribution in [1.29, 1.82) is 0 Å². The van der Waals surface area contributed by atoms with Crippen LogP contribution in [0.15, 0.2) is 51.6 Å². The number of amides is 1. The number of allylic oxidation sites excluding steroid dienone is 1. The summed E-state index contributed by atoms with van der Waals surface area (Å²) in [5.74, 6) is -0.0733. The van der Waals surface area contributed by atoms with Crippen molar-refractivity contribution in [2.75, 3.05) is 39.8 Å². The number of nitrogens with one attached hydrogen (secondary N) is 2. The lowest BCUT2D eigenvalue weighted by atomic mass is 9.83. The van der Waals surface area contributed by atoms with Gasteiger partial charge in [-0.1, -0.05) is 13.3 Å². The van der Waals surface area contributed by atoms with Crippen molar-refractivity contribution in [3.05, 3.63) is 47.3 Å². The molecule has 16 heteroatoms. The summed E-state index contributed by atoms with van der Waals surface area (Å²) in [6.45, 7) is 7.84. The molecule has 3 aliphatic heterocycles. The lowest BCUT2D eigenvalue weighted by molar-refractivity contribution is -0.148. The standard InChI is InChI=1S/C34H50F3N7O5S/c1-6-12-33(13-18-43(19-14-33)31(46)49-32(2,3)4)41-28(9-15-39-5)27(22-45)30(38)40-25-7-8-29-24(20-25)21-44(50(29,47)48)26-10-16-42(17-11-26)23-34(35,36)37/h7-9,15,20,22,26,39,41H,6,10-14,16-19,21,23H2,1-5H3,(H2,38,40)/b15-9-,28-27-. The maximum atomic E-state index is 13.4. The first-order valence-corrected chi connectivity index (χ1v) is 18.4. The van der Waals surface area contributed by atoms with Gasteiger partial charge in [0.05, 0.1) is 28.4 Å². The molecule has 0 aromatic heterocycles. The number of hydrogen-bond acceptors (Lipinski definition) is 9. The number of ether oxygens (including phenoxy) is 1. The Bertz CT molecular complexity index is 1590. The van der Waals surface area contributed by atoms with Gasteiger partial charge in [0.1, 0.15) is 11.4 Å². The van der Waals surface area contributed by atoms with Gasteiger partial charge in [-0.05, 0) is 88.9 Å². The first-order valence-electron chi connectivity index (χ1n) is 17.0. The molecule has 0 atom stereocenters. The lowest BCUT2D eigenvalue weighted by Crippen LogP contribution is -2.54. The predicted molar refractivity (Wildman–Crippen MR) is 185 cm³/mol. The Morgan fingerprint density at radius 2 is 1.80 bits per heavy atom. The van der Waals surface area contributed by atoms with Gasteiger partial charge in [0, 0.05) is 51.4 Å². The summed E-state index contributed by atoms with van der Waals surface area (Å²) >= 11 is 0. The normalized spacial score (nSPS) is 21.1. The third kappa shape index (κ3) is 9.78. The minimum atomic E-state index is -4.31. The molecule has 3 heterocycles. The van der Waals surface area contributed by atoms with E-state index in [9.17, 15) is 31.2 Å². The first-order chi connectivity index (χ1) is 23.4. The number of sulfonamides is 1. The number of halogens is 3. The second-order valence-electron chi connectivity index (χ2n) is 14.2. The number of nitrogens with zero attached hydrogens (tertiary/aromatic N) is 4. The zero-order valence-electron chi connectivity index (χ0n) is 29.5. The molecular formula is C34H50F3N7O5S. The molecule has 1 aromatic rings. The molecule has 4 N–H and O–H groups in total. The number of amidine groups is 1.